The average molecular weight is 112 g/mol. The third-order valence-electron chi connectivity index (χ3n) is 0.934. The van der Waals surface area contributed by atoms with E-state index in [1.165, 1.54) is 0 Å². The molecule has 0 aromatic heterocycles. The molecule has 1 nitrogen and oxygen atoms in total. The van der Waals surface area contributed by atoms with E-state index >= 15 is 0 Å². The van der Waals surface area contributed by atoms with E-state index in [1.54, 1.807) is 13.8 Å². The molecule has 0 fully saturated rings. The lowest BCUT2D eigenvalue weighted by Crippen LogP contribution is -2.06. The molecule has 0 atom stereocenters. The van der Waals surface area contributed by atoms with Gasteiger partial charge < -0.3 is 5.11 Å². The van der Waals surface area contributed by atoms with Crippen molar-refractivity contribution in [2.45, 2.75) is 20.0 Å². The second kappa shape index (κ2) is 2.68. The van der Waals surface area contributed by atoms with E-state index in [0.717, 1.165) is 11.1 Å². The molecule has 0 aromatic rings. The number of rotatable bonds is 2. The van der Waals surface area contributed by atoms with Crippen LogP contribution in [-0.2, 0) is 0 Å². The van der Waals surface area contributed by atoms with Crippen molar-refractivity contribution in [2.24, 2.45) is 0 Å². The van der Waals surface area contributed by atoms with Gasteiger partial charge in [-0.1, -0.05) is 13.2 Å². The molecule has 8 heavy (non-hydrogen) atoms. The van der Waals surface area contributed by atoms with Crippen molar-refractivity contribution in [3.63, 3.8) is 0 Å². The van der Waals surface area contributed by atoms with E-state index in [0.29, 0.717) is 0 Å². The van der Waals surface area contributed by atoms with Crippen LogP contribution >= 0.6 is 0 Å². The zero-order chi connectivity index (χ0) is 6.73. The van der Waals surface area contributed by atoms with Gasteiger partial charge in [-0.2, -0.15) is 0 Å². The maximum absolute atomic E-state index is 9.00. The van der Waals surface area contributed by atoms with Gasteiger partial charge in [0.05, 0.1) is 6.10 Å². The third kappa shape index (κ3) is 1.94. The van der Waals surface area contributed by atoms with E-state index in [2.05, 4.69) is 13.2 Å². The summed E-state index contributed by atoms with van der Waals surface area (Å²) < 4.78 is 0. The lowest BCUT2D eigenvalue weighted by Gasteiger charge is -2.07. The maximum Gasteiger partial charge on any atom is 0.0950 e. The number of hydrogen-bond donors (Lipinski definition) is 1. The third-order valence-corrected chi connectivity index (χ3v) is 0.934. The fraction of sp³-hybridized carbons (Fsp3) is 0.429. The summed E-state index contributed by atoms with van der Waals surface area (Å²) in [6.45, 7) is 10.7. The highest BCUT2D eigenvalue weighted by Crippen LogP contribution is 2.05. The van der Waals surface area contributed by atoms with Gasteiger partial charge in [0.2, 0.25) is 0 Å². The normalized spacial score (nSPS) is 9.50. The van der Waals surface area contributed by atoms with Gasteiger partial charge in [-0.25, -0.2) is 0 Å². The summed E-state index contributed by atoms with van der Waals surface area (Å²) in [6.07, 6.45) is -0.519. The Morgan fingerprint density at radius 3 is 1.50 bits per heavy atom. The monoisotopic (exact) mass is 112 g/mol. The van der Waals surface area contributed by atoms with Crippen molar-refractivity contribution < 1.29 is 5.11 Å². The van der Waals surface area contributed by atoms with Crippen molar-refractivity contribution in [2.75, 3.05) is 0 Å². The predicted molar refractivity (Wildman–Crippen MR) is 35.6 cm³/mol. The molecule has 0 rings (SSSR count). The molecule has 0 bridgehead atoms. The van der Waals surface area contributed by atoms with Crippen LogP contribution in [0.2, 0.25) is 0 Å². The number of aliphatic hydroxyl groups is 1. The van der Waals surface area contributed by atoms with Crippen LogP contribution in [0.4, 0.5) is 0 Å². The molecule has 0 radical (unpaired) electrons. The maximum atomic E-state index is 9.00. The van der Waals surface area contributed by atoms with Gasteiger partial charge in [0.1, 0.15) is 0 Å². The van der Waals surface area contributed by atoms with Crippen molar-refractivity contribution in [3.8, 4) is 0 Å². The summed E-state index contributed by atoms with van der Waals surface area (Å²) >= 11 is 0. The molecule has 0 heterocycles. The summed E-state index contributed by atoms with van der Waals surface area (Å²) in [5.41, 5.74) is 1.50. The Labute approximate surface area is 50.3 Å². The second-order valence-electron chi connectivity index (χ2n) is 2.10. The highest BCUT2D eigenvalue weighted by atomic mass is 16.3. The van der Waals surface area contributed by atoms with Crippen LogP contribution in [-0.4, -0.2) is 11.2 Å². The number of aliphatic hydroxyl groups excluding tert-OH is 1. The predicted octanol–water partition coefficient (Wildman–Crippen LogP) is 1.50. The van der Waals surface area contributed by atoms with Crippen molar-refractivity contribution >= 4 is 0 Å². The van der Waals surface area contributed by atoms with E-state index in [-0.39, 0.29) is 0 Å². The Hall–Kier alpha value is -0.560. The summed E-state index contributed by atoms with van der Waals surface area (Å²) in [5.74, 6) is 0. The number of hydrogen-bond acceptors (Lipinski definition) is 1. The standard InChI is InChI=1S/C7H12O/c1-5(2)7(8)6(3)4/h7-8H,1,3H2,2,4H3. The fourth-order valence-corrected chi connectivity index (χ4v) is 0.421. The van der Waals surface area contributed by atoms with Gasteiger partial charge >= 0.3 is 0 Å². The van der Waals surface area contributed by atoms with Crippen molar-refractivity contribution in [1.82, 2.24) is 0 Å². The largest absolute Gasteiger partial charge is 0.384 e. The minimum absolute atomic E-state index is 0.519. The van der Waals surface area contributed by atoms with Crippen LogP contribution < -0.4 is 0 Å². The van der Waals surface area contributed by atoms with Gasteiger partial charge in [-0.3, -0.25) is 0 Å². The topological polar surface area (TPSA) is 20.2 Å². The molecule has 0 aliphatic rings. The lowest BCUT2D eigenvalue weighted by molar-refractivity contribution is 0.248. The van der Waals surface area contributed by atoms with Crippen LogP contribution in [0.3, 0.4) is 0 Å². The average Bonchev–Trinajstić information content (AvgIpc) is 1.64. The fourth-order valence-electron chi connectivity index (χ4n) is 0.421. The first-order valence-electron chi connectivity index (χ1n) is 2.54. The Bertz CT molecular complexity index is 99.6. The summed E-state index contributed by atoms with van der Waals surface area (Å²) in [7, 11) is 0. The second-order valence-corrected chi connectivity index (χ2v) is 2.10. The molecule has 1 heteroatoms. The van der Waals surface area contributed by atoms with Crippen LogP contribution in [0, 0.1) is 0 Å². The minimum Gasteiger partial charge on any atom is -0.384 e. The molecule has 0 aliphatic heterocycles. The molecule has 46 valence electrons. The molecule has 0 saturated heterocycles. The van der Waals surface area contributed by atoms with E-state index < -0.39 is 6.10 Å². The smallest absolute Gasteiger partial charge is 0.0950 e. The first-order valence-corrected chi connectivity index (χ1v) is 2.54. The first kappa shape index (κ1) is 7.44. The van der Waals surface area contributed by atoms with E-state index in [9.17, 15) is 0 Å². The lowest BCUT2D eigenvalue weighted by atomic mass is 10.1. The Morgan fingerprint density at radius 1 is 1.25 bits per heavy atom. The molecular formula is C7H12O. The molecule has 1 N–H and O–H groups in total. The summed E-state index contributed by atoms with van der Waals surface area (Å²) in [5, 5.41) is 9.00. The zero-order valence-electron chi connectivity index (χ0n) is 5.44. The summed E-state index contributed by atoms with van der Waals surface area (Å²) in [4.78, 5) is 0. The highest BCUT2D eigenvalue weighted by molar-refractivity contribution is 5.13. The van der Waals surface area contributed by atoms with Crippen LogP contribution in [0.15, 0.2) is 24.3 Å². The van der Waals surface area contributed by atoms with Crippen LogP contribution in [0.1, 0.15) is 13.8 Å². The zero-order valence-corrected chi connectivity index (χ0v) is 5.44. The first-order chi connectivity index (χ1) is 3.55. The van der Waals surface area contributed by atoms with Crippen LogP contribution in [0.5, 0.6) is 0 Å². The van der Waals surface area contributed by atoms with Gasteiger partial charge in [0, 0.05) is 0 Å². The molecule has 0 aliphatic carbocycles. The molecule has 0 saturated carbocycles. The van der Waals surface area contributed by atoms with E-state index in [4.69, 9.17) is 5.11 Å². The van der Waals surface area contributed by atoms with Crippen LogP contribution in [0.25, 0.3) is 0 Å². The van der Waals surface area contributed by atoms with Gasteiger partial charge in [-0.15, -0.1) is 0 Å². The molecule has 0 amide bonds. The molecular weight excluding hydrogens is 100 g/mol. The minimum atomic E-state index is -0.519. The SMILES string of the molecule is C=C(C)C(O)C(=C)C. The van der Waals surface area contributed by atoms with Gasteiger partial charge in [0.25, 0.3) is 0 Å². The Morgan fingerprint density at radius 2 is 1.50 bits per heavy atom. The highest BCUT2D eigenvalue weighted by Gasteiger charge is 2.01. The molecule has 0 spiro atoms. The van der Waals surface area contributed by atoms with Gasteiger partial charge in [0.15, 0.2) is 0 Å². The van der Waals surface area contributed by atoms with Crippen molar-refractivity contribution in [3.05, 3.63) is 24.3 Å². The quantitative estimate of drug-likeness (QED) is 0.537. The van der Waals surface area contributed by atoms with Gasteiger partial charge in [-0.05, 0) is 25.0 Å². The van der Waals surface area contributed by atoms with Crippen molar-refractivity contribution in [1.29, 1.82) is 0 Å². The Kier molecular flexibility index (Phi) is 2.49. The molecule has 0 unspecified atom stereocenters. The summed E-state index contributed by atoms with van der Waals surface area (Å²) in [6, 6.07) is 0. The van der Waals surface area contributed by atoms with E-state index in [1.807, 2.05) is 0 Å². The molecule has 0 aromatic carbocycles. The Balaban J connectivity index is 3.83.